The average Bonchev–Trinajstić information content (AvgIpc) is 3.41. The summed E-state index contributed by atoms with van der Waals surface area (Å²) in [5.74, 6) is 1.14. The Labute approximate surface area is 155 Å². The Morgan fingerprint density at radius 1 is 1.15 bits per heavy atom. The monoisotopic (exact) mass is 369 g/mol. The summed E-state index contributed by atoms with van der Waals surface area (Å²) in [5, 5.41) is 9.54. The highest BCUT2D eigenvalue weighted by atomic mass is 35.5. The first-order valence-electron chi connectivity index (χ1n) is 8.17. The molecule has 0 saturated heterocycles. The summed E-state index contributed by atoms with van der Waals surface area (Å²) in [6.45, 7) is 0.0654. The van der Waals surface area contributed by atoms with E-state index in [1.54, 1.807) is 30.7 Å². The zero-order chi connectivity index (χ0) is 17.9. The fraction of sp³-hybridized carbons (Fsp3) is 0.158. The number of carbonyl (C=O) groups is 1. The van der Waals surface area contributed by atoms with Crippen molar-refractivity contribution < 1.29 is 13.6 Å². The van der Waals surface area contributed by atoms with Crippen LogP contribution in [0.1, 0.15) is 24.0 Å². The Bertz CT molecular complexity index is 919. The molecule has 2 aromatic heterocycles. The third-order valence-corrected chi connectivity index (χ3v) is 4.48. The van der Waals surface area contributed by atoms with Crippen LogP contribution in [0.15, 0.2) is 75.0 Å². The van der Waals surface area contributed by atoms with Gasteiger partial charge in [0.05, 0.1) is 29.8 Å². The van der Waals surface area contributed by atoms with Gasteiger partial charge in [0, 0.05) is 6.42 Å². The lowest BCUT2D eigenvalue weighted by atomic mass is 10.1. The summed E-state index contributed by atoms with van der Waals surface area (Å²) < 4.78 is 10.9. The zero-order valence-corrected chi connectivity index (χ0v) is 14.5. The number of halogens is 1. The minimum Gasteiger partial charge on any atom is -0.467 e. The molecule has 0 spiro atoms. The van der Waals surface area contributed by atoms with Crippen LogP contribution in [0.3, 0.4) is 0 Å². The first-order valence-corrected chi connectivity index (χ1v) is 8.55. The van der Waals surface area contributed by atoms with E-state index >= 15 is 0 Å². The van der Waals surface area contributed by atoms with Crippen LogP contribution in [0.4, 0.5) is 5.69 Å². The van der Waals surface area contributed by atoms with Crippen molar-refractivity contribution in [1.82, 2.24) is 5.01 Å². The second kappa shape index (κ2) is 7.09. The molecule has 1 aliphatic heterocycles. The van der Waals surface area contributed by atoms with Gasteiger partial charge in [-0.05, 0) is 36.4 Å². The number of nitrogens with one attached hydrogen (secondary N) is 1. The van der Waals surface area contributed by atoms with E-state index < -0.39 is 0 Å². The molecule has 3 aromatic rings. The molecule has 7 heteroatoms. The maximum Gasteiger partial charge on any atom is 0.262 e. The van der Waals surface area contributed by atoms with Gasteiger partial charge in [-0.1, -0.05) is 23.7 Å². The van der Waals surface area contributed by atoms with Crippen molar-refractivity contribution in [3.8, 4) is 0 Å². The van der Waals surface area contributed by atoms with E-state index in [-0.39, 0.29) is 18.5 Å². The Balaban J connectivity index is 1.54. The lowest BCUT2D eigenvalue weighted by Gasteiger charge is -2.20. The fourth-order valence-electron chi connectivity index (χ4n) is 2.89. The van der Waals surface area contributed by atoms with Crippen molar-refractivity contribution >= 4 is 28.9 Å². The predicted molar refractivity (Wildman–Crippen MR) is 98.1 cm³/mol. The molecule has 0 radical (unpaired) electrons. The van der Waals surface area contributed by atoms with Crippen LogP contribution in [0.2, 0.25) is 5.02 Å². The lowest BCUT2D eigenvalue weighted by Crippen LogP contribution is -2.32. The molecular formula is C19H16ClN3O3. The number of hydrazone groups is 1. The molecule has 1 aromatic carbocycles. The van der Waals surface area contributed by atoms with Crippen molar-refractivity contribution in [2.75, 3.05) is 11.9 Å². The summed E-state index contributed by atoms with van der Waals surface area (Å²) in [6.07, 6.45) is 3.70. The van der Waals surface area contributed by atoms with Gasteiger partial charge >= 0.3 is 0 Å². The SMILES string of the molecule is O=C(CNc1ccccc1Cl)N1N=C(c2ccco2)C[C@H]1c1ccco1. The number of para-hydroxylation sites is 1. The number of rotatable bonds is 5. The van der Waals surface area contributed by atoms with Crippen LogP contribution in [0.5, 0.6) is 0 Å². The Hall–Kier alpha value is -2.99. The van der Waals surface area contributed by atoms with E-state index in [4.69, 9.17) is 20.4 Å². The lowest BCUT2D eigenvalue weighted by molar-refractivity contribution is -0.131. The summed E-state index contributed by atoms with van der Waals surface area (Å²) >= 11 is 6.13. The first kappa shape index (κ1) is 16.5. The predicted octanol–water partition coefficient (Wildman–Crippen LogP) is 4.32. The van der Waals surface area contributed by atoms with Crippen molar-refractivity contribution in [2.45, 2.75) is 12.5 Å². The molecule has 3 heterocycles. The van der Waals surface area contributed by atoms with E-state index in [1.165, 1.54) is 5.01 Å². The zero-order valence-electron chi connectivity index (χ0n) is 13.8. The number of amides is 1. The van der Waals surface area contributed by atoms with Crippen molar-refractivity contribution in [2.24, 2.45) is 5.10 Å². The molecule has 0 unspecified atom stereocenters. The van der Waals surface area contributed by atoms with Gasteiger partial charge in [-0.2, -0.15) is 5.10 Å². The summed E-state index contributed by atoms with van der Waals surface area (Å²) in [5.41, 5.74) is 1.41. The first-order chi connectivity index (χ1) is 12.7. The van der Waals surface area contributed by atoms with Crippen LogP contribution in [-0.2, 0) is 4.79 Å². The second-order valence-corrected chi connectivity index (χ2v) is 6.24. The Kier molecular flexibility index (Phi) is 4.50. The fourth-order valence-corrected chi connectivity index (χ4v) is 3.09. The van der Waals surface area contributed by atoms with Crippen LogP contribution < -0.4 is 5.32 Å². The number of anilines is 1. The number of carbonyl (C=O) groups excluding carboxylic acids is 1. The van der Waals surface area contributed by atoms with Crippen molar-refractivity contribution in [1.29, 1.82) is 0 Å². The molecule has 0 bridgehead atoms. The maximum absolute atomic E-state index is 12.8. The minimum atomic E-state index is -0.300. The van der Waals surface area contributed by atoms with Gasteiger partial charge in [0.15, 0.2) is 0 Å². The van der Waals surface area contributed by atoms with Gasteiger partial charge in [-0.15, -0.1) is 0 Å². The Morgan fingerprint density at radius 3 is 2.69 bits per heavy atom. The summed E-state index contributed by atoms with van der Waals surface area (Å²) in [6, 6.07) is 14.2. The third kappa shape index (κ3) is 3.23. The average molecular weight is 370 g/mol. The number of hydrogen-bond donors (Lipinski definition) is 1. The van der Waals surface area contributed by atoms with Gasteiger partial charge in [-0.25, -0.2) is 5.01 Å². The van der Waals surface area contributed by atoms with Gasteiger partial charge in [0.25, 0.3) is 5.91 Å². The second-order valence-electron chi connectivity index (χ2n) is 5.83. The molecule has 0 saturated carbocycles. The summed E-state index contributed by atoms with van der Waals surface area (Å²) in [7, 11) is 0. The van der Waals surface area contributed by atoms with Crippen molar-refractivity contribution in [3.05, 3.63) is 77.6 Å². The van der Waals surface area contributed by atoms with E-state index in [1.807, 2.05) is 30.3 Å². The molecule has 132 valence electrons. The number of nitrogens with zero attached hydrogens (tertiary/aromatic N) is 2. The number of hydrogen-bond acceptors (Lipinski definition) is 5. The highest BCUT2D eigenvalue weighted by Gasteiger charge is 2.35. The molecule has 1 aliphatic rings. The van der Waals surface area contributed by atoms with Gasteiger partial charge in [-0.3, -0.25) is 4.79 Å². The smallest absolute Gasteiger partial charge is 0.262 e. The molecule has 26 heavy (non-hydrogen) atoms. The minimum absolute atomic E-state index is 0.0654. The summed E-state index contributed by atoms with van der Waals surface area (Å²) in [4.78, 5) is 12.8. The highest BCUT2D eigenvalue weighted by Crippen LogP contribution is 2.33. The number of benzene rings is 1. The van der Waals surface area contributed by atoms with Gasteiger partial charge < -0.3 is 14.2 Å². The molecule has 6 nitrogen and oxygen atoms in total. The van der Waals surface area contributed by atoms with Crippen LogP contribution >= 0.6 is 11.6 Å². The normalized spacial score (nSPS) is 16.6. The molecule has 1 amide bonds. The Morgan fingerprint density at radius 2 is 1.96 bits per heavy atom. The molecule has 4 rings (SSSR count). The van der Waals surface area contributed by atoms with Crippen LogP contribution in [0, 0.1) is 0 Å². The van der Waals surface area contributed by atoms with E-state index in [9.17, 15) is 4.79 Å². The van der Waals surface area contributed by atoms with E-state index in [0.29, 0.717) is 34.4 Å². The maximum atomic E-state index is 12.8. The van der Waals surface area contributed by atoms with Gasteiger partial charge in [0.2, 0.25) is 0 Å². The van der Waals surface area contributed by atoms with Crippen molar-refractivity contribution in [3.63, 3.8) is 0 Å². The topological polar surface area (TPSA) is 71.0 Å². The molecule has 0 fully saturated rings. The van der Waals surface area contributed by atoms with Gasteiger partial charge in [0.1, 0.15) is 23.3 Å². The molecule has 1 atom stereocenters. The largest absolute Gasteiger partial charge is 0.467 e. The molecular weight excluding hydrogens is 354 g/mol. The van der Waals surface area contributed by atoms with E-state index in [2.05, 4.69) is 10.4 Å². The quantitative estimate of drug-likeness (QED) is 0.727. The third-order valence-electron chi connectivity index (χ3n) is 4.15. The van der Waals surface area contributed by atoms with Crippen LogP contribution in [-0.4, -0.2) is 23.2 Å². The standard InChI is InChI=1S/C19H16ClN3O3/c20-13-5-1-2-6-14(13)21-12-19(24)23-16(18-8-4-10-26-18)11-15(22-23)17-7-3-9-25-17/h1-10,16,21H,11-12H2/t16-/m0/s1. The molecule has 0 aliphatic carbocycles. The molecule has 1 N–H and O–H groups in total. The van der Waals surface area contributed by atoms with E-state index in [0.717, 1.165) is 0 Å². The van der Waals surface area contributed by atoms with Crippen LogP contribution in [0.25, 0.3) is 0 Å². The highest BCUT2D eigenvalue weighted by molar-refractivity contribution is 6.33. The number of furan rings is 2.